The highest BCUT2D eigenvalue weighted by Gasteiger charge is 2.07. The van der Waals surface area contributed by atoms with Gasteiger partial charge >= 0.3 is 5.97 Å². The number of benzene rings is 2. The van der Waals surface area contributed by atoms with Crippen LogP contribution >= 0.6 is 0 Å². The van der Waals surface area contributed by atoms with Crippen LogP contribution in [-0.4, -0.2) is 12.6 Å². The Morgan fingerprint density at radius 1 is 1.10 bits per heavy atom. The van der Waals surface area contributed by atoms with Crippen molar-refractivity contribution in [3.05, 3.63) is 65.2 Å². The fourth-order valence-electron chi connectivity index (χ4n) is 1.70. The maximum Gasteiger partial charge on any atom is 0.338 e. The normalized spacial score (nSPS) is 10.2. The first-order valence-corrected chi connectivity index (χ1v) is 6.44. The van der Waals surface area contributed by atoms with Crippen LogP contribution in [0.2, 0.25) is 0 Å². The Balaban J connectivity index is 1.99. The monoisotopic (exact) mass is 292 g/mol. The van der Waals surface area contributed by atoms with E-state index in [9.17, 15) is 13.6 Å². The Morgan fingerprint density at radius 2 is 1.81 bits per heavy atom. The van der Waals surface area contributed by atoms with Crippen molar-refractivity contribution in [3.8, 4) is 5.75 Å². The number of ether oxygens (including phenoxy) is 2. The van der Waals surface area contributed by atoms with E-state index in [1.54, 1.807) is 31.2 Å². The maximum absolute atomic E-state index is 13.4. The number of carbonyl (C=O) groups excluding carboxylic acids is 1. The molecular weight excluding hydrogens is 278 g/mol. The molecule has 0 spiro atoms. The van der Waals surface area contributed by atoms with Gasteiger partial charge in [0.2, 0.25) is 0 Å². The molecule has 0 N–H and O–H groups in total. The van der Waals surface area contributed by atoms with Gasteiger partial charge in [0, 0.05) is 11.6 Å². The quantitative estimate of drug-likeness (QED) is 0.788. The Bertz CT molecular complexity index is 624. The SMILES string of the molecule is CCOC(=O)c1ccc(OCc2ccc(F)cc2F)cc1. The zero-order valence-corrected chi connectivity index (χ0v) is 11.4. The molecule has 0 bridgehead atoms. The molecule has 0 atom stereocenters. The molecule has 0 aromatic heterocycles. The van der Waals surface area contributed by atoms with Crippen molar-refractivity contribution < 1.29 is 23.0 Å². The van der Waals surface area contributed by atoms with Gasteiger partial charge in [-0.25, -0.2) is 13.6 Å². The van der Waals surface area contributed by atoms with E-state index in [1.165, 1.54) is 12.1 Å². The number of halogens is 2. The van der Waals surface area contributed by atoms with E-state index >= 15 is 0 Å². The molecule has 0 unspecified atom stereocenters. The van der Waals surface area contributed by atoms with Gasteiger partial charge in [-0.1, -0.05) is 0 Å². The highest BCUT2D eigenvalue weighted by atomic mass is 19.1. The molecule has 2 rings (SSSR count). The van der Waals surface area contributed by atoms with Crippen LogP contribution in [0.1, 0.15) is 22.8 Å². The van der Waals surface area contributed by atoms with Crippen molar-refractivity contribution in [1.82, 2.24) is 0 Å². The summed E-state index contributed by atoms with van der Waals surface area (Å²) in [5.41, 5.74) is 0.669. The lowest BCUT2D eigenvalue weighted by molar-refractivity contribution is 0.0526. The minimum absolute atomic E-state index is 0.0229. The number of hydrogen-bond donors (Lipinski definition) is 0. The van der Waals surface area contributed by atoms with Crippen LogP contribution in [-0.2, 0) is 11.3 Å². The summed E-state index contributed by atoms with van der Waals surface area (Å²) in [6.07, 6.45) is 0. The lowest BCUT2D eigenvalue weighted by Crippen LogP contribution is -2.04. The van der Waals surface area contributed by atoms with Crippen molar-refractivity contribution in [2.75, 3.05) is 6.61 Å². The molecule has 2 aromatic rings. The molecule has 0 heterocycles. The van der Waals surface area contributed by atoms with Crippen molar-refractivity contribution >= 4 is 5.97 Å². The highest BCUT2D eigenvalue weighted by Crippen LogP contribution is 2.16. The van der Waals surface area contributed by atoms with E-state index in [0.29, 0.717) is 17.9 Å². The van der Waals surface area contributed by atoms with Crippen LogP contribution in [0.5, 0.6) is 5.75 Å². The van der Waals surface area contributed by atoms with Crippen LogP contribution < -0.4 is 4.74 Å². The summed E-state index contributed by atoms with van der Waals surface area (Å²) in [5.74, 6) is -1.21. The van der Waals surface area contributed by atoms with Crippen LogP contribution in [0.3, 0.4) is 0 Å². The Kier molecular flexibility index (Phi) is 4.87. The van der Waals surface area contributed by atoms with Gasteiger partial charge in [0.1, 0.15) is 24.0 Å². The average molecular weight is 292 g/mol. The summed E-state index contributed by atoms with van der Waals surface area (Å²) in [4.78, 5) is 11.5. The van der Waals surface area contributed by atoms with Crippen LogP contribution in [0.4, 0.5) is 8.78 Å². The van der Waals surface area contributed by atoms with Crippen LogP contribution in [0.15, 0.2) is 42.5 Å². The Hall–Kier alpha value is -2.43. The molecule has 2 aromatic carbocycles. The molecular formula is C16H14F2O3. The van der Waals surface area contributed by atoms with Gasteiger partial charge in [0.15, 0.2) is 0 Å². The predicted octanol–water partition coefficient (Wildman–Crippen LogP) is 3.72. The number of rotatable bonds is 5. The molecule has 0 aliphatic rings. The molecule has 0 amide bonds. The lowest BCUT2D eigenvalue weighted by atomic mass is 10.2. The highest BCUT2D eigenvalue weighted by molar-refractivity contribution is 5.89. The molecule has 0 aliphatic carbocycles. The second-order valence-electron chi connectivity index (χ2n) is 4.27. The van der Waals surface area contributed by atoms with Gasteiger partial charge < -0.3 is 9.47 Å². The van der Waals surface area contributed by atoms with Gasteiger partial charge in [-0.15, -0.1) is 0 Å². The summed E-state index contributed by atoms with van der Waals surface area (Å²) in [6.45, 7) is 2.01. The molecule has 3 nitrogen and oxygen atoms in total. The molecule has 5 heteroatoms. The summed E-state index contributed by atoms with van der Waals surface area (Å²) >= 11 is 0. The first-order valence-electron chi connectivity index (χ1n) is 6.44. The second kappa shape index (κ2) is 6.83. The molecule has 21 heavy (non-hydrogen) atoms. The molecule has 0 radical (unpaired) electrons. The zero-order valence-electron chi connectivity index (χ0n) is 11.4. The molecule has 0 aliphatic heterocycles. The maximum atomic E-state index is 13.4. The fourth-order valence-corrected chi connectivity index (χ4v) is 1.70. The first-order chi connectivity index (χ1) is 10.1. The van der Waals surface area contributed by atoms with Crippen molar-refractivity contribution in [3.63, 3.8) is 0 Å². The van der Waals surface area contributed by atoms with Crippen molar-refractivity contribution in [2.24, 2.45) is 0 Å². The third kappa shape index (κ3) is 4.02. The minimum atomic E-state index is -0.654. The summed E-state index contributed by atoms with van der Waals surface area (Å²) in [7, 11) is 0. The van der Waals surface area contributed by atoms with Crippen molar-refractivity contribution in [2.45, 2.75) is 13.5 Å². The number of esters is 1. The number of carbonyl (C=O) groups is 1. The predicted molar refractivity (Wildman–Crippen MR) is 73.1 cm³/mol. The van der Waals surface area contributed by atoms with E-state index < -0.39 is 17.6 Å². The third-order valence-electron chi connectivity index (χ3n) is 2.77. The largest absolute Gasteiger partial charge is 0.489 e. The average Bonchev–Trinajstić information content (AvgIpc) is 2.47. The van der Waals surface area contributed by atoms with E-state index in [0.717, 1.165) is 6.07 Å². The van der Waals surface area contributed by atoms with E-state index in [-0.39, 0.29) is 12.2 Å². The van der Waals surface area contributed by atoms with Crippen LogP contribution in [0.25, 0.3) is 0 Å². The van der Waals surface area contributed by atoms with Gasteiger partial charge in [0.05, 0.1) is 12.2 Å². The number of hydrogen-bond acceptors (Lipinski definition) is 3. The third-order valence-corrected chi connectivity index (χ3v) is 2.77. The first kappa shape index (κ1) is 15.0. The lowest BCUT2D eigenvalue weighted by Gasteiger charge is -2.08. The van der Waals surface area contributed by atoms with E-state index in [4.69, 9.17) is 9.47 Å². The topological polar surface area (TPSA) is 35.5 Å². The Morgan fingerprint density at radius 3 is 2.43 bits per heavy atom. The van der Waals surface area contributed by atoms with Gasteiger partial charge in [-0.2, -0.15) is 0 Å². The van der Waals surface area contributed by atoms with Gasteiger partial charge in [0.25, 0.3) is 0 Å². The van der Waals surface area contributed by atoms with Crippen molar-refractivity contribution in [1.29, 1.82) is 0 Å². The fraction of sp³-hybridized carbons (Fsp3) is 0.188. The van der Waals surface area contributed by atoms with E-state index in [2.05, 4.69) is 0 Å². The summed E-state index contributed by atoms with van der Waals surface area (Å²) < 4.78 is 36.4. The zero-order chi connectivity index (χ0) is 15.2. The Labute approximate surface area is 121 Å². The summed E-state index contributed by atoms with van der Waals surface area (Å²) in [6, 6.07) is 9.62. The molecule has 0 fully saturated rings. The standard InChI is InChI=1S/C16H14F2O3/c1-2-20-16(19)11-4-7-14(8-5-11)21-10-12-3-6-13(17)9-15(12)18/h3-9H,2,10H2,1H3. The van der Waals surface area contributed by atoms with Gasteiger partial charge in [-0.05, 0) is 43.3 Å². The molecule has 0 saturated heterocycles. The minimum Gasteiger partial charge on any atom is -0.489 e. The van der Waals surface area contributed by atoms with E-state index in [1.807, 2.05) is 0 Å². The summed E-state index contributed by atoms with van der Waals surface area (Å²) in [5, 5.41) is 0. The molecule has 0 saturated carbocycles. The van der Waals surface area contributed by atoms with Crippen LogP contribution in [0, 0.1) is 11.6 Å². The van der Waals surface area contributed by atoms with Gasteiger partial charge in [-0.3, -0.25) is 0 Å². The molecule has 110 valence electrons. The smallest absolute Gasteiger partial charge is 0.338 e. The second-order valence-corrected chi connectivity index (χ2v) is 4.27.